The molecule has 0 heterocycles. The molecule has 0 bridgehead atoms. The SMILES string of the molecule is COc1ccc(C(CS)NC(C)=O)c(OC)c1. The Morgan fingerprint density at radius 1 is 1.41 bits per heavy atom. The van der Waals surface area contributed by atoms with Gasteiger partial charge in [-0.15, -0.1) is 0 Å². The van der Waals surface area contributed by atoms with Gasteiger partial charge in [0.1, 0.15) is 11.5 Å². The van der Waals surface area contributed by atoms with Crippen LogP contribution in [0.2, 0.25) is 0 Å². The second kappa shape index (κ2) is 6.39. The molecule has 1 amide bonds. The van der Waals surface area contributed by atoms with Gasteiger partial charge < -0.3 is 14.8 Å². The molecule has 0 aliphatic carbocycles. The molecule has 0 aliphatic rings. The summed E-state index contributed by atoms with van der Waals surface area (Å²) in [6, 6.07) is 5.31. The summed E-state index contributed by atoms with van der Waals surface area (Å²) in [5.74, 6) is 1.80. The van der Waals surface area contributed by atoms with Gasteiger partial charge in [-0.05, 0) is 12.1 Å². The van der Waals surface area contributed by atoms with E-state index in [1.807, 2.05) is 12.1 Å². The van der Waals surface area contributed by atoms with Gasteiger partial charge >= 0.3 is 0 Å². The second-order valence-corrected chi connectivity index (χ2v) is 3.91. The Morgan fingerprint density at radius 3 is 2.59 bits per heavy atom. The molecule has 1 aromatic carbocycles. The van der Waals surface area contributed by atoms with Crippen LogP contribution in [0.25, 0.3) is 0 Å². The molecule has 0 radical (unpaired) electrons. The first kappa shape index (κ1) is 13.7. The van der Waals surface area contributed by atoms with E-state index in [2.05, 4.69) is 17.9 Å². The van der Waals surface area contributed by atoms with Crippen LogP contribution in [0.3, 0.4) is 0 Å². The summed E-state index contributed by atoms with van der Waals surface area (Å²) < 4.78 is 10.4. The van der Waals surface area contributed by atoms with Gasteiger partial charge in [0.25, 0.3) is 0 Å². The molecule has 1 aromatic rings. The first-order chi connectivity index (χ1) is 8.12. The van der Waals surface area contributed by atoms with Crippen LogP contribution in [-0.4, -0.2) is 25.9 Å². The Morgan fingerprint density at radius 2 is 2.12 bits per heavy atom. The normalized spacial score (nSPS) is 11.8. The van der Waals surface area contributed by atoms with Gasteiger partial charge in [0.15, 0.2) is 0 Å². The summed E-state index contributed by atoms with van der Waals surface area (Å²) in [5.41, 5.74) is 0.888. The van der Waals surface area contributed by atoms with E-state index in [-0.39, 0.29) is 11.9 Å². The number of thiol groups is 1. The van der Waals surface area contributed by atoms with E-state index < -0.39 is 0 Å². The third-order valence-corrected chi connectivity index (χ3v) is 2.74. The summed E-state index contributed by atoms with van der Waals surface area (Å²) in [6.07, 6.45) is 0. The first-order valence-electron chi connectivity index (χ1n) is 5.22. The number of nitrogens with one attached hydrogen (secondary N) is 1. The summed E-state index contributed by atoms with van der Waals surface area (Å²) in [4.78, 5) is 11.1. The van der Waals surface area contributed by atoms with Crippen molar-refractivity contribution in [1.82, 2.24) is 5.32 Å². The molecule has 0 saturated carbocycles. The fourth-order valence-corrected chi connectivity index (χ4v) is 1.86. The number of carbonyl (C=O) groups is 1. The highest BCUT2D eigenvalue weighted by atomic mass is 32.1. The summed E-state index contributed by atoms with van der Waals surface area (Å²) in [5, 5.41) is 2.82. The van der Waals surface area contributed by atoms with Crippen molar-refractivity contribution in [3.63, 3.8) is 0 Å². The number of rotatable bonds is 5. The number of amides is 1. The Labute approximate surface area is 107 Å². The minimum absolute atomic E-state index is 0.0954. The molecule has 0 spiro atoms. The lowest BCUT2D eigenvalue weighted by molar-refractivity contribution is -0.119. The fourth-order valence-electron chi connectivity index (χ4n) is 1.57. The van der Waals surface area contributed by atoms with Crippen molar-refractivity contribution < 1.29 is 14.3 Å². The average Bonchev–Trinajstić information content (AvgIpc) is 2.35. The van der Waals surface area contributed by atoms with Crippen LogP contribution >= 0.6 is 12.6 Å². The number of methoxy groups -OCH3 is 2. The Bertz CT molecular complexity index is 395. The lowest BCUT2D eigenvalue weighted by Gasteiger charge is -2.19. The molecule has 0 aromatic heterocycles. The van der Waals surface area contributed by atoms with Gasteiger partial charge in [0.2, 0.25) is 5.91 Å². The zero-order chi connectivity index (χ0) is 12.8. The Balaban J connectivity index is 3.05. The average molecular weight is 255 g/mol. The van der Waals surface area contributed by atoms with Gasteiger partial charge in [-0.2, -0.15) is 12.6 Å². The lowest BCUT2D eigenvalue weighted by atomic mass is 10.1. The highest BCUT2D eigenvalue weighted by molar-refractivity contribution is 7.80. The minimum Gasteiger partial charge on any atom is -0.497 e. The smallest absolute Gasteiger partial charge is 0.217 e. The van der Waals surface area contributed by atoms with Crippen LogP contribution in [0, 0.1) is 0 Å². The van der Waals surface area contributed by atoms with E-state index in [1.165, 1.54) is 6.92 Å². The van der Waals surface area contributed by atoms with Crippen molar-refractivity contribution >= 4 is 18.5 Å². The second-order valence-electron chi connectivity index (χ2n) is 3.54. The van der Waals surface area contributed by atoms with Crippen molar-refractivity contribution in [3.05, 3.63) is 23.8 Å². The first-order valence-corrected chi connectivity index (χ1v) is 5.85. The highest BCUT2D eigenvalue weighted by Crippen LogP contribution is 2.29. The zero-order valence-corrected chi connectivity index (χ0v) is 11.1. The van der Waals surface area contributed by atoms with Crippen LogP contribution in [0.15, 0.2) is 18.2 Å². The van der Waals surface area contributed by atoms with E-state index in [9.17, 15) is 4.79 Å². The molecule has 0 fully saturated rings. The zero-order valence-electron chi connectivity index (χ0n) is 10.2. The van der Waals surface area contributed by atoms with Crippen molar-refractivity contribution in [2.45, 2.75) is 13.0 Å². The molecule has 4 nitrogen and oxygen atoms in total. The molecule has 17 heavy (non-hydrogen) atoms. The highest BCUT2D eigenvalue weighted by Gasteiger charge is 2.16. The maximum atomic E-state index is 11.1. The molecular weight excluding hydrogens is 238 g/mol. The molecule has 94 valence electrons. The van der Waals surface area contributed by atoms with Gasteiger partial charge in [-0.1, -0.05) is 0 Å². The van der Waals surface area contributed by atoms with Gasteiger partial charge in [0.05, 0.1) is 20.3 Å². The molecular formula is C12H17NO3S. The van der Waals surface area contributed by atoms with Gasteiger partial charge in [-0.25, -0.2) is 0 Å². The van der Waals surface area contributed by atoms with E-state index in [0.29, 0.717) is 17.3 Å². The molecule has 1 rings (SSSR count). The van der Waals surface area contributed by atoms with E-state index in [0.717, 1.165) is 5.56 Å². The van der Waals surface area contributed by atoms with Crippen LogP contribution < -0.4 is 14.8 Å². The van der Waals surface area contributed by atoms with Crippen LogP contribution in [0.4, 0.5) is 0 Å². The van der Waals surface area contributed by atoms with Crippen molar-refractivity contribution in [2.75, 3.05) is 20.0 Å². The third-order valence-electron chi connectivity index (χ3n) is 2.38. The molecule has 1 unspecified atom stereocenters. The Hall–Kier alpha value is -1.36. The minimum atomic E-state index is -0.170. The van der Waals surface area contributed by atoms with Crippen LogP contribution in [0.1, 0.15) is 18.5 Å². The number of hydrogen-bond donors (Lipinski definition) is 2. The molecule has 0 saturated heterocycles. The maximum absolute atomic E-state index is 11.1. The number of carbonyl (C=O) groups excluding carboxylic acids is 1. The van der Waals surface area contributed by atoms with Crippen molar-refractivity contribution in [1.29, 1.82) is 0 Å². The molecule has 5 heteroatoms. The summed E-state index contributed by atoms with van der Waals surface area (Å²) in [7, 11) is 3.18. The quantitative estimate of drug-likeness (QED) is 0.789. The van der Waals surface area contributed by atoms with Gasteiger partial charge in [0, 0.05) is 24.3 Å². The van der Waals surface area contributed by atoms with E-state index in [1.54, 1.807) is 20.3 Å². The van der Waals surface area contributed by atoms with E-state index in [4.69, 9.17) is 9.47 Å². The van der Waals surface area contributed by atoms with Crippen molar-refractivity contribution in [2.24, 2.45) is 0 Å². The van der Waals surface area contributed by atoms with E-state index >= 15 is 0 Å². The standard InChI is InChI=1S/C12H17NO3S/c1-8(14)13-11(7-17)10-5-4-9(15-2)6-12(10)16-3/h4-6,11,17H,7H2,1-3H3,(H,13,14). The topological polar surface area (TPSA) is 47.6 Å². The Kier molecular flexibility index (Phi) is 5.15. The predicted molar refractivity (Wildman–Crippen MR) is 70.0 cm³/mol. The predicted octanol–water partition coefficient (Wildman–Crippen LogP) is 1.81. The fraction of sp³-hybridized carbons (Fsp3) is 0.417. The summed E-state index contributed by atoms with van der Waals surface area (Å²) >= 11 is 4.23. The largest absolute Gasteiger partial charge is 0.497 e. The monoisotopic (exact) mass is 255 g/mol. The number of hydrogen-bond acceptors (Lipinski definition) is 4. The summed E-state index contributed by atoms with van der Waals surface area (Å²) in [6.45, 7) is 1.48. The number of benzene rings is 1. The number of ether oxygens (including phenoxy) is 2. The third kappa shape index (κ3) is 3.56. The van der Waals surface area contributed by atoms with Crippen LogP contribution in [0.5, 0.6) is 11.5 Å². The van der Waals surface area contributed by atoms with Crippen molar-refractivity contribution in [3.8, 4) is 11.5 Å². The van der Waals surface area contributed by atoms with Gasteiger partial charge in [-0.3, -0.25) is 4.79 Å². The molecule has 1 atom stereocenters. The lowest BCUT2D eigenvalue weighted by Crippen LogP contribution is -2.27. The maximum Gasteiger partial charge on any atom is 0.217 e. The van der Waals surface area contributed by atoms with Crippen LogP contribution in [-0.2, 0) is 4.79 Å². The molecule has 1 N–H and O–H groups in total. The molecule has 0 aliphatic heterocycles.